The summed E-state index contributed by atoms with van der Waals surface area (Å²) in [5.41, 5.74) is 0.760. The summed E-state index contributed by atoms with van der Waals surface area (Å²) in [5, 5.41) is 2.75. The van der Waals surface area contributed by atoms with Crippen molar-refractivity contribution in [3.05, 3.63) is 34.6 Å². The largest absolute Gasteiger partial charge is 0.351 e. The lowest BCUT2D eigenvalue weighted by Crippen LogP contribution is -2.40. The number of benzene rings is 1. The lowest BCUT2D eigenvalue weighted by molar-refractivity contribution is -0.120. The van der Waals surface area contributed by atoms with E-state index in [0.717, 1.165) is 5.56 Å². The number of hydrogen-bond acceptors (Lipinski definition) is 4. The van der Waals surface area contributed by atoms with E-state index in [2.05, 4.69) is 5.32 Å². The Labute approximate surface area is 138 Å². The van der Waals surface area contributed by atoms with Crippen LogP contribution in [-0.4, -0.2) is 37.1 Å². The molecule has 1 aliphatic heterocycles. The van der Waals surface area contributed by atoms with Crippen LogP contribution in [0.15, 0.2) is 18.2 Å². The number of nitrogens with one attached hydrogen (secondary N) is 1. The van der Waals surface area contributed by atoms with Crippen molar-refractivity contribution in [2.75, 3.05) is 11.5 Å². The van der Waals surface area contributed by atoms with E-state index in [4.69, 9.17) is 11.6 Å². The zero-order valence-corrected chi connectivity index (χ0v) is 14.4. The molecule has 0 unspecified atom stereocenters. The zero-order chi connectivity index (χ0) is 16.3. The van der Waals surface area contributed by atoms with Gasteiger partial charge in [0.2, 0.25) is 5.91 Å². The van der Waals surface area contributed by atoms with Crippen LogP contribution >= 0.6 is 23.4 Å². The number of halogens is 2. The topological polar surface area (TPSA) is 63.2 Å². The van der Waals surface area contributed by atoms with Crippen molar-refractivity contribution < 1.29 is 17.6 Å². The van der Waals surface area contributed by atoms with Crippen molar-refractivity contribution in [2.45, 2.75) is 30.4 Å². The molecule has 1 aliphatic rings. The van der Waals surface area contributed by atoms with E-state index in [9.17, 15) is 17.6 Å². The molecule has 1 aromatic rings. The van der Waals surface area contributed by atoms with Gasteiger partial charge in [-0.15, -0.1) is 11.8 Å². The first-order valence-electron chi connectivity index (χ1n) is 6.83. The Morgan fingerprint density at radius 2 is 2.27 bits per heavy atom. The quantitative estimate of drug-likeness (QED) is 0.870. The Kier molecular flexibility index (Phi) is 5.74. The van der Waals surface area contributed by atoms with Crippen LogP contribution in [0.25, 0.3) is 0 Å². The van der Waals surface area contributed by atoms with Gasteiger partial charge in [-0.2, -0.15) is 0 Å². The SMILES string of the molecule is C[C@@H](SCc1ccc(F)cc1Cl)C(=O)N[C@@H]1CCS(=O)(=O)C1. The van der Waals surface area contributed by atoms with Crippen molar-refractivity contribution in [3.63, 3.8) is 0 Å². The summed E-state index contributed by atoms with van der Waals surface area (Å²) in [6.45, 7) is 1.75. The molecule has 22 heavy (non-hydrogen) atoms. The van der Waals surface area contributed by atoms with Crippen molar-refractivity contribution >= 4 is 39.1 Å². The molecule has 0 bridgehead atoms. The Bertz CT molecular complexity index is 666. The summed E-state index contributed by atoms with van der Waals surface area (Å²) < 4.78 is 35.7. The highest BCUT2D eigenvalue weighted by Gasteiger charge is 2.30. The van der Waals surface area contributed by atoms with Gasteiger partial charge in [-0.1, -0.05) is 17.7 Å². The van der Waals surface area contributed by atoms with Crippen LogP contribution in [0, 0.1) is 5.82 Å². The molecule has 1 N–H and O–H groups in total. The molecule has 8 heteroatoms. The highest BCUT2D eigenvalue weighted by molar-refractivity contribution is 7.99. The Hall–Kier alpha value is -0.790. The van der Waals surface area contributed by atoms with Crippen LogP contribution in [0.4, 0.5) is 4.39 Å². The van der Waals surface area contributed by atoms with E-state index in [-0.39, 0.29) is 28.7 Å². The first kappa shape index (κ1) is 17.6. The van der Waals surface area contributed by atoms with Gasteiger partial charge in [0, 0.05) is 16.8 Å². The van der Waals surface area contributed by atoms with Gasteiger partial charge in [0.15, 0.2) is 9.84 Å². The minimum absolute atomic E-state index is 0.0138. The molecule has 4 nitrogen and oxygen atoms in total. The summed E-state index contributed by atoms with van der Waals surface area (Å²) in [6.07, 6.45) is 0.468. The maximum absolute atomic E-state index is 13.0. The first-order chi connectivity index (χ1) is 10.3. The summed E-state index contributed by atoms with van der Waals surface area (Å²) in [6, 6.07) is 3.87. The monoisotopic (exact) mass is 365 g/mol. The fourth-order valence-electron chi connectivity index (χ4n) is 2.16. The Morgan fingerprint density at radius 1 is 1.55 bits per heavy atom. The van der Waals surface area contributed by atoms with Crippen molar-refractivity contribution in [1.29, 1.82) is 0 Å². The van der Waals surface area contributed by atoms with Gasteiger partial charge >= 0.3 is 0 Å². The minimum atomic E-state index is -3.01. The molecule has 1 heterocycles. The minimum Gasteiger partial charge on any atom is -0.351 e. The summed E-state index contributed by atoms with van der Waals surface area (Å²) in [5.74, 6) is 0.0404. The number of carbonyl (C=O) groups excluding carboxylic acids is 1. The predicted octanol–water partition coefficient (Wildman–Crippen LogP) is 2.40. The van der Waals surface area contributed by atoms with E-state index < -0.39 is 15.7 Å². The Morgan fingerprint density at radius 3 is 2.86 bits per heavy atom. The molecule has 1 saturated heterocycles. The first-order valence-corrected chi connectivity index (χ1v) is 10.1. The van der Waals surface area contributed by atoms with E-state index >= 15 is 0 Å². The molecule has 122 valence electrons. The van der Waals surface area contributed by atoms with Crippen LogP contribution in [-0.2, 0) is 20.4 Å². The second kappa shape index (κ2) is 7.19. The van der Waals surface area contributed by atoms with Crippen molar-refractivity contribution in [3.8, 4) is 0 Å². The van der Waals surface area contributed by atoms with Crippen LogP contribution < -0.4 is 5.32 Å². The molecule has 0 saturated carbocycles. The second-order valence-electron chi connectivity index (χ2n) is 5.30. The predicted molar refractivity (Wildman–Crippen MR) is 87.4 cm³/mol. The fourth-order valence-corrected chi connectivity index (χ4v) is 5.04. The van der Waals surface area contributed by atoms with Crippen molar-refractivity contribution in [2.24, 2.45) is 0 Å². The maximum Gasteiger partial charge on any atom is 0.233 e. The van der Waals surface area contributed by atoms with E-state index in [0.29, 0.717) is 17.2 Å². The summed E-state index contributed by atoms with van der Waals surface area (Å²) in [7, 11) is -3.01. The molecule has 0 aliphatic carbocycles. The zero-order valence-electron chi connectivity index (χ0n) is 12.0. The van der Waals surface area contributed by atoms with Crippen LogP contribution in [0.5, 0.6) is 0 Å². The number of sulfone groups is 1. The highest BCUT2D eigenvalue weighted by Crippen LogP contribution is 2.25. The molecule has 2 rings (SSSR count). The average Bonchev–Trinajstić information content (AvgIpc) is 2.76. The van der Waals surface area contributed by atoms with Gasteiger partial charge in [0.05, 0.1) is 16.8 Å². The van der Waals surface area contributed by atoms with Gasteiger partial charge in [-0.3, -0.25) is 4.79 Å². The molecule has 1 aromatic carbocycles. The lowest BCUT2D eigenvalue weighted by atomic mass is 10.2. The van der Waals surface area contributed by atoms with Gasteiger partial charge in [0.1, 0.15) is 5.82 Å². The number of rotatable bonds is 5. The normalized spacial score (nSPS) is 21.5. The van der Waals surface area contributed by atoms with E-state index in [1.165, 1.54) is 23.9 Å². The third kappa shape index (κ3) is 4.86. The summed E-state index contributed by atoms with van der Waals surface area (Å²) >= 11 is 7.31. The number of hydrogen-bond donors (Lipinski definition) is 1. The Balaban J connectivity index is 1.84. The van der Waals surface area contributed by atoms with E-state index in [1.54, 1.807) is 13.0 Å². The van der Waals surface area contributed by atoms with Gasteiger partial charge < -0.3 is 5.32 Å². The molecule has 0 radical (unpaired) electrons. The average molecular weight is 366 g/mol. The van der Waals surface area contributed by atoms with Crippen LogP contribution in [0.3, 0.4) is 0 Å². The van der Waals surface area contributed by atoms with E-state index in [1.807, 2.05) is 0 Å². The molecule has 2 atom stereocenters. The highest BCUT2D eigenvalue weighted by atomic mass is 35.5. The van der Waals surface area contributed by atoms with Gasteiger partial charge in [-0.05, 0) is 31.0 Å². The number of carbonyl (C=O) groups is 1. The number of thioether (sulfide) groups is 1. The third-order valence-corrected chi connectivity index (χ3v) is 6.76. The molecular weight excluding hydrogens is 349 g/mol. The third-order valence-electron chi connectivity index (χ3n) is 3.45. The standard InChI is InChI=1S/C14H17ClFNO3S2/c1-9(14(18)17-12-4-5-22(19,20)8-12)21-7-10-2-3-11(16)6-13(10)15/h2-3,6,9,12H,4-5,7-8H2,1H3,(H,17,18)/t9-,12-/m1/s1. The fraction of sp³-hybridized carbons (Fsp3) is 0.500. The van der Waals surface area contributed by atoms with Crippen LogP contribution in [0.2, 0.25) is 5.02 Å². The smallest absolute Gasteiger partial charge is 0.233 e. The maximum atomic E-state index is 13.0. The van der Waals surface area contributed by atoms with Gasteiger partial charge in [-0.25, -0.2) is 12.8 Å². The molecule has 0 spiro atoms. The molecule has 1 amide bonds. The van der Waals surface area contributed by atoms with Crippen LogP contribution in [0.1, 0.15) is 18.9 Å². The van der Waals surface area contributed by atoms with Crippen molar-refractivity contribution in [1.82, 2.24) is 5.32 Å². The second-order valence-corrected chi connectivity index (χ2v) is 9.26. The molecular formula is C14H17ClFNO3S2. The molecule has 0 aromatic heterocycles. The lowest BCUT2D eigenvalue weighted by Gasteiger charge is -2.16. The summed E-state index contributed by atoms with van der Waals surface area (Å²) in [4.78, 5) is 12.1. The molecule has 1 fully saturated rings. The van der Waals surface area contributed by atoms with Gasteiger partial charge in [0.25, 0.3) is 0 Å². The number of amides is 1.